The van der Waals surface area contributed by atoms with E-state index in [0.29, 0.717) is 13.4 Å². The second-order valence-electron chi connectivity index (χ2n) is 5.67. The summed E-state index contributed by atoms with van der Waals surface area (Å²) in [7, 11) is -0.00368. The van der Waals surface area contributed by atoms with E-state index in [0.717, 1.165) is 6.42 Å². The van der Waals surface area contributed by atoms with Crippen LogP contribution in [0.4, 0.5) is 0 Å². The third-order valence-corrected chi connectivity index (χ3v) is 7.81. The highest BCUT2D eigenvalue weighted by Crippen LogP contribution is 2.36. The Labute approximate surface area is 102 Å². The first kappa shape index (κ1) is 16.1. The first-order chi connectivity index (χ1) is 7.24. The summed E-state index contributed by atoms with van der Waals surface area (Å²) in [6.07, 6.45) is 1.10. The maximum Gasteiger partial charge on any atom is 0.192 e. The summed E-state index contributed by atoms with van der Waals surface area (Å²) >= 11 is 0. The van der Waals surface area contributed by atoms with Gasteiger partial charge >= 0.3 is 0 Å². The van der Waals surface area contributed by atoms with Gasteiger partial charge in [-0.3, -0.25) is 0 Å². The maximum absolute atomic E-state index is 6.10. The van der Waals surface area contributed by atoms with E-state index in [1.54, 1.807) is 7.11 Å². The van der Waals surface area contributed by atoms with Gasteiger partial charge in [-0.25, -0.2) is 0 Å². The fraction of sp³-hybridized carbons (Fsp3) is 1.00. The lowest BCUT2D eigenvalue weighted by Gasteiger charge is -2.37. The van der Waals surface area contributed by atoms with Gasteiger partial charge in [0.1, 0.15) is 6.79 Å². The molecular weight excluding hydrogens is 220 g/mol. The van der Waals surface area contributed by atoms with Gasteiger partial charge in [0.05, 0.1) is 12.7 Å². The highest BCUT2D eigenvalue weighted by molar-refractivity contribution is 6.74. The second-order valence-corrected chi connectivity index (χ2v) is 10.5. The predicted molar refractivity (Wildman–Crippen MR) is 70.2 cm³/mol. The third kappa shape index (κ3) is 5.43. The minimum absolute atomic E-state index is 0.147. The zero-order valence-electron chi connectivity index (χ0n) is 11.9. The van der Waals surface area contributed by atoms with Crippen LogP contribution < -0.4 is 0 Å². The lowest BCUT2D eigenvalue weighted by Crippen LogP contribution is -2.43. The van der Waals surface area contributed by atoms with Gasteiger partial charge in [0.25, 0.3) is 0 Å². The van der Waals surface area contributed by atoms with Gasteiger partial charge in [0.15, 0.2) is 8.32 Å². The first-order valence-electron chi connectivity index (χ1n) is 5.99. The number of hydrogen-bond acceptors (Lipinski definition) is 3. The minimum atomic E-state index is -1.64. The van der Waals surface area contributed by atoms with Gasteiger partial charge in [0, 0.05) is 7.11 Å². The molecule has 0 aromatic rings. The highest BCUT2D eigenvalue weighted by atomic mass is 28.4. The Morgan fingerprint density at radius 1 is 1.19 bits per heavy atom. The summed E-state index contributed by atoms with van der Waals surface area (Å²) < 4.78 is 16.5. The summed E-state index contributed by atoms with van der Waals surface area (Å²) in [5.74, 6) is 0. The quantitative estimate of drug-likeness (QED) is 0.510. The summed E-state index contributed by atoms with van der Waals surface area (Å²) in [4.78, 5) is 0. The molecule has 0 radical (unpaired) electrons. The number of hydrogen-bond donors (Lipinski definition) is 0. The zero-order chi connectivity index (χ0) is 12.8. The highest BCUT2D eigenvalue weighted by Gasteiger charge is 2.37. The van der Waals surface area contributed by atoms with Crippen molar-refractivity contribution in [2.45, 2.75) is 58.4 Å². The largest absolute Gasteiger partial charge is 0.414 e. The number of methoxy groups -OCH3 is 1. The Balaban J connectivity index is 4.10. The molecular formula is C12H28O3Si. The third-order valence-electron chi connectivity index (χ3n) is 3.31. The molecule has 0 aliphatic heterocycles. The Morgan fingerprint density at radius 3 is 2.12 bits per heavy atom. The molecule has 0 rings (SSSR count). The normalized spacial score (nSPS) is 15.2. The fourth-order valence-corrected chi connectivity index (χ4v) is 2.00. The van der Waals surface area contributed by atoms with E-state index in [1.807, 2.05) is 0 Å². The Bertz CT molecular complexity index is 187. The Kier molecular flexibility index (Phi) is 6.78. The van der Waals surface area contributed by atoms with Crippen molar-refractivity contribution in [3.05, 3.63) is 0 Å². The molecule has 0 aliphatic carbocycles. The molecule has 16 heavy (non-hydrogen) atoms. The average molecular weight is 248 g/mol. The summed E-state index contributed by atoms with van der Waals surface area (Å²) in [6, 6.07) is 0. The molecule has 0 aliphatic rings. The van der Waals surface area contributed by atoms with E-state index < -0.39 is 8.32 Å². The molecule has 98 valence electrons. The van der Waals surface area contributed by atoms with Crippen molar-refractivity contribution in [3.8, 4) is 0 Å². The van der Waals surface area contributed by atoms with Crippen molar-refractivity contribution in [1.82, 2.24) is 0 Å². The van der Waals surface area contributed by atoms with Crippen LogP contribution in [0, 0.1) is 0 Å². The Hall–Kier alpha value is 0.0969. The summed E-state index contributed by atoms with van der Waals surface area (Å²) in [6.45, 7) is 14.4. The molecule has 0 amide bonds. The van der Waals surface area contributed by atoms with E-state index in [9.17, 15) is 0 Å². The van der Waals surface area contributed by atoms with Gasteiger partial charge in [-0.15, -0.1) is 0 Å². The van der Waals surface area contributed by atoms with Crippen molar-refractivity contribution in [2.24, 2.45) is 0 Å². The fourth-order valence-electron chi connectivity index (χ4n) is 0.966. The van der Waals surface area contributed by atoms with E-state index in [1.165, 1.54) is 0 Å². The SMILES string of the molecule is CC[C@H](CO[Si](C)(C)C(C)(C)C)OCOC. The molecule has 0 saturated carbocycles. The molecule has 0 heterocycles. The second kappa shape index (κ2) is 6.74. The smallest absolute Gasteiger partial charge is 0.192 e. The van der Waals surface area contributed by atoms with Crippen molar-refractivity contribution in [1.29, 1.82) is 0 Å². The molecule has 0 N–H and O–H groups in total. The molecule has 0 saturated heterocycles. The van der Waals surface area contributed by atoms with Crippen LogP contribution in [0.15, 0.2) is 0 Å². The molecule has 0 unspecified atom stereocenters. The minimum Gasteiger partial charge on any atom is -0.414 e. The molecule has 3 nitrogen and oxygen atoms in total. The average Bonchev–Trinajstić information content (AvgIpc) is 2.16. The van der Waals surface area contributed by atoms with Gasteiger partial charge in [0.2, 0.25) is 0 Å². The van der Waals surface area contributed by atoms with Crippen molar-refractivity contribution < 1.29 is 13.9 Å². The molecule has 0 aromatic heterocycles. The Morgan fingerprint density at radius 2 is 1.75 bits per heavy atom. The molecule has 0 fully saturated rings. The lowest BCUT2D eigenvalue weighted by atomic mass is 10.2. The predicted octanol–water partition coefficient (Wildman–Crippen LogP) is 3.41. The molecule has 4 heteroatoms. The van der Waals surface area contributed by atoms with Crippen LogP contribution in [0.1, 0.15) is 34.1 Å². The summed E-state index contributed by atoms with van der Waals surface area (Å²) in [5, 5.41) is 0.256. The van der Waals surface area contributed by atoms with Gasteiger partial charge in [-0.2, -0.15) is 0 Å². The van der Waals surface area contributed by atoms with E-state index in [4.69, 9.17) is 13.9 Å². The number of ether oxygens (including phenoxy) is 2. The van der Waals surface area contributed by atoms with E-state index in [2.05, 4.69) is 40.8 Å². The van der Waals surface area contributed by atoms with Crippen LogP contribution in [0.5, 0.6) is 0 Å². The van der Waals surface area contributed by atoms with Gasteiger partial charge in [-0.05, 0) is 24.6 Å². The van der Waals surface area contributed by atoms with Crippen LogP contribution in [-0.2, 0) is 13.9 Å². The maximum atomic E-state index is 6.10. The first-order valence-corrected chi connectivity index (χ1v) is 8.90. The lowest BCUT2D eigenvalue weighted by molar-refractivity contribution is -0.0859. The van der Waals surface area contributed by atoms with Crippen molar-refractivity contribution >= 4 is 8.32 Å². The zero-order valence-corrected chi connectivity index (χ0v) is 12.9. The van der Waals surface area contributed by atoms with Crippen molar-refractivity contribution in [2.75, 3.05) is 20.5 Å². The molecule has 0 bridgehead atoms. The molecule has 1 atom stereocenters. The van der Waals surface area contributed by atoms with Gasteiger partial charge in [-0.1, -0.05) is 27.7 Å². The topological polar surface area (TPSA) is 27.7 Å². The van der Waals surface area contributed by atoms with E-state index in [-0.39, 0.29) is 11.1 Å². The van der Waals surface area contributed by atoms with Gasteiger partial charge < -0.3 is 13.9 Å². The van der Waals surface area contributed by atoms with Crippen LogP contribution in [0.3, 0.4) is 0 Å². The van der Waals surface area contributed by atoms with Crippen LogP contribution >= 0.6 is 0 Å². The monoisotopic (exact) mass is 248 g/mol. The number of rotatable bonds is 7. The van der Waals surface area contributed by atoms with E-state index >= 15 is 0 Å². The van der Waals surface area contributed by atoms with Crippen LogP contribution in [0.25, 0.3) is 0 Å². The van der Waals surface area contributed by atoms with Crippen LogP contribution in [0.2, 0.25) is 18.1 Å². The standard InChI is InChI=1S/C12H28O3Si/c1-8-11(14-10-13-5)9-15-16(6,7)12(2,3)4/h11H,8-10H2,1-7H3/t11-/m1/s1. The van der Waals surface area contributed by atoms with Crippen molar-refractivity contribution in [3.63, 3.8) is 0 Å². The molecule has 0 aromatic carbocycles. The molecule has 0 spiro atoms. The summed E-state index contributed by atoms with van der Waals surface area (Å²) in [5.41, 5.74) is 0. The van der Waals surface area contributed by atoms with Crippen LogP contribution in [-0.4, -0.2) is 34.9 Å².